The summed E-state index contributed by atoms with van der Waals surface area (Å²) in [6.07, 6.45) is 0. The van der Waals surface area contributed by atoms with E-state index in [1.807, 2.05) is 42.5 Å². The van der Waals surface area contributed by atoms with E-state index in [1.165, 1.54) is 16.9 Å². The van der Waals surface area contributed by atoms with E-state index >= 15 is 0 Å². The van der Waals surface area contributed by atoms with Crippen LogP contribution >= 0.6 is 11.3 Å². The normalized spacial score (nSPS) is 11.0. The molecule has 0 saturated carbocycles. The smallest absolute Gasteiger partial charge is 0.240 e. The lowest BCUT2D eigenvalue weighted by molar-refractivity contribution is -0.117. The Balaban J connectivity index is 1.61. The van der Waals surface area contributed by atoms with Crippen molar-refractivity contribution in [1.29, 1.82) is 0 Å². The number of nitrogens with zero attached hydrogens (tertiary/aromatic N) is 2. The van der Waals surface area contributed by atoms with Crippen LogP contribution in [0.5, 0.6) is 0 Å². The summed E-state index contributed by atoms with van der Waals surface area (Å²) < 4.78 is 1.08. The molecular weight excluding hydrogens is 306 g/mol. The molecule has 0 radical (unpaired) electrons. The number of para-hydroxylation sites is 1. The van der Waals surface area contributed by atoms with Gasteiger partial charge < -0.3 is 5.32 Å². The van der Waals surface area contributed by atoms with E-state index in [9.17, 15) is 4.79 Å². The first-order valence-corrected chi connectivity index (χ1v) is 8.48. The zero-order chi connectivity index (χ0) is 16.1. The molecule has 0 spiro atoms. The summed E-state index contributed by atoms with van der Waals surface area (Å²) in [5.74, 6) is -0.0261. The lowest BCUT2D eigenvalue weighted by Crippen LogP contribution is -2.32. The summed E-state index contributed by atoms with van der Waals surface area (Å²) in [4.78, 5) is 18.8. The number of anilines is 1. The molecule has 0 aliphatic heterocycles. The van der Waals surface area contributed by atoms with E-state index in [0.717, 1.165) is 23.3 Å². The molecule has 1 heterocycles. The van der Waals surface area contributed by atoms with Gasteiger partial charge in [-0.25, -0.2) is 4.98 Å². The zero-order valence-electron chi connectivity index (χ0n) is 13.0. The number of aromatic nitrogens is 1. The Morgan fingerprint density at radius 1 is 1.13 bits per heavy atom. The Hall–Kier alpha value is -2.24. The number of carbonyl (C=O) groups is 1. The van der Waals surface area contributed by atoms with Crippen LogP contribution in [-0.4, -0.2) is 28.9 Å². The van der Waals surface area contributed by atoms with Gasteiger partial charge in [-0.15, -0.1) is 0 Å². The highest BCUT2D eigenvalue weighted by molar-refractivity contribution is 7.22. The van der Waals surface area contributed by atoms with Crippen LogP contribution in [0.15, 0.2) is 54.6 Å². The average Bonchev–Trinajstić information content (AvgIpc) is 2.97. The number of nitrogens with one attached hydrogen (secondary N) is 1. The molecule has 1 N–H and O–H groups in total. The predicted molar refractivity (Wildman–Crippen MR) is 95.6 cm³/mol. The molecule has 0 aliphatic rings. The first-order chi connectivity index (χ1) is 11.2. The van der Waals surface area contributed by atoms with Crippen LogP contribution in [-0.2, 0) is 11.3 Å². The van der Waals surface area contributed by atoms with Crippen LogP contribution in [0.3, 0.4) is 0 Å². The first kappa shape index (κ1) is 15.6. The second-order valence-electron chi connectivity index (χ2n) is 5.32. The summed E-state index contributed by atoms with van der Waals surface area (Å²) in [7, 11) is 0. The summed E-state index contributed by atoms with van der Waals surface area (Å²) in [5, 5.41) is 3.57. The van der Waals surface area contributed by atoms with E-state index < -0.39 is 0 Å². The number of hydrogen-bond acceptors (Lipinski definition) is 4. The molecule has 2 aromatic carbocycles. The molecule has 0 fully saturated rings. The van der Waals surface area contributed by atoms with Gasteiger partial charge in [-0.1, -0.05) is 60.7 Å². The Bertz CT molecular complexity index is 752. The lowest BCUT2D eigenvalue weighted by atomic mass is 10.2. The van der Waals surface area contributed by atoms with Gasteiger partial charge >= 0.3 is 0 Å². The first-order valence-electron chi connectivity index (χ1n) is 7.66. The van der Waals surface area contributed by atoms with E-state index in [0.29, 0.717) is 11.7 Å². The second-order valence-corrected chi connectivity index (χ2v) is 6.35. The summed E-state index contributed by atoms with van der Waals surface area (Å²) in [6.45, 7) is 4.02. The maximum atomic E-state index is 12.3. The maximum Gasteiger partial charge on any atom is 0.240 e. The van der Waals surface area contributed by atoms with Gasteiger partial charge in [-0.2, -0.15) is 0 Å². The third-order valence-electron chi connectivity index (χ3n) is 3.60. The third kappa shape index (κ3) is 4.15. The van der Waals surface area contributed by atoms with Crippen LogP contribution in [0.4, 0.5) is 5.13 Å². The van der Waals surface area contributed by atoms with E-state index in [2.05, 4.69) is 34.3 Å². The molecule has 3 rings (SSSR count). The fourth-order valence-corrected chi connectivity index (χ4v) is 3.29. The maximum absolute atomic E-state index is 12.3. The van der Waals surface area contributed by atoms with E-state index in [-0.39, 0.29) is 5.91 Å². The molecule has 118 valence electrons. The minimum Gasteiger partial charge on any atom is -0.301 e. The standard InChI is InChI=1S/C18H19N3OS/c1-2-21(12-14-8-4-3-5-9-14)13-17(22)20-18-19-15-10-6-7-11-16(15)23-18/h3-11H,2,12-13H2,1H3,(H,19,20,22). The number of fused-ring (bicyclic) bond motifs is 1. The zero-order valence-corrected chi connectivity index (χ0v) is 13.8. The van der Waals surface area contributed by atoms with Gasteiger partial charge in [-0.05, 0) is 24.2 Å². The lowest BCUT2D eigenvalue weighted by Gasteiger charge is -2.19. The van der Waals surface area contributed by atoms with Gasteiger partial charge in [0.05, 0.1) is 16.8 Å². The van der Waals surface area contributed by atoms with Crippen molar-refractivity contribution >= 4 is 32.6 Å². The highest BCUT2D eigenvalue weighted by atomic mass is 32.1. The highest BCUT2D eigenvalue weighted by Crippen LogP contribution is 2.25. The van der Waals surface area contributed by atoms with Gasteiger partial charge in [-0.3, -0.25) is 9.69 Å². The SMILES string of the molecule is CCN(CC(=O)Nc1nc2ccccc2s1)Cc1ccccc1. The van der Waals surface area contributed by atoms with Crippen molar-refractivity contribution in [3.63, 3.8) is 0 Å². The Morgan fingerprint density at radius 2 is 1.87 bits per heavy atom. The van der Waals surface area contributed by atoms with Crippen molar-refractivity contribution in [2.45, 2.75) is 13.5 Å². The fraction of sp³-hybridized carbons (Fsp3) is 0.222. The molecule has 0 aliphatic carbocycles. The topological polar surface area (TPSA) is 45.2 Å². The van der Waals surface area contributed by atoms with Crippen molar-refractivity contribution in [3.8, 4) is 0 Å². The molecule has 1 aromatic heterocycles. The van der Waals surface area contributed by atoms with Crippen molar-refractivity contribution < 1.29 is 4.79 Å². The van der Waals surface area contributed by atoms with Crippen LogP contribution in [0.1, 0.15) is 12.5 Å². The fourth-order valence-electron chi connectivity index (χ4n) is 2.41. The van der Waals surface area contributed by atoms with Gasteiger partial charge in [0.1, 0.15) is 0 Å². The molecule has 23 heavy (non-hydrogen) atoms. The Labute approximate surface area is 139 Å². The van der Waals surface area contributed by atoms with Crippen LogP contribution in [0, 0.1) is 0 Å². The van der Waals surface area contributed by atoms with E-state index in [4.69, 9.17) is 0 Å². The number of rotatable bonds is 6. The Kier molecular flexibility index (Phi) is 5.00. The molecular formula is C18H19N3OS. The van der Waals surface area contributed by atoms with Gasteiger partial charge in [0, 0.05) is 6.54 Å². The largest absolute Gasteiger partial charge is 0.301 e. The van der Waals surface area contributed by atoms with Crippen molar-refractivity contribution in [1.82, 2.24) is 9.88 Å². The minimum atomic E-state index is -0.0261. The number of thiazole rings is 1. The molecule has 3 aromatic rings. The van der Waals surface area contributed by atoms with Crippen molar-refractivity contribution in [3.05, 3.63) is 60.2 Å². The van der Waals surface area contributed by atoms with E-state index in [1.54, 1.807) is 0 Å². The third-order valence-corrected chi connectivity index (χ3v) is 4.56. The predicted octanol–water partition coefficient (Wildman–Crippen LogP) is 3.76. The van der Waals surface area contributed by atoms with Crippen molar-refractivity contribution in [2.24, 2.45) is 0 Å². The molecule has 0 atom stereocenters. The quantitative estimate of drug-likeness (QED) is 0.750. The number of hydrogen-bond donors (Lipinski definition) is 1. The number of benzene rings is 2. The number of amides is 1. The van der Waals surface area contributed by atoms with Gasteiger partial charge in [0.15, 0.2) is 5.13 Å². The summed E-state index contributed by atoms with van der Waals surface area (Å²) >= 11 is 1.50. The molecule has 4 nitrogen and oxygen atoms in total. The molecule has 0 saturated heterocycles. The summed E-state index contributed by atoms with van der Waals surface area (Å²) in [5.41, 5.74) is 2.13. The average molecular weight is 325 g/mol. The Morgan fingerprint density at radius 3 is 2.61 bits per heavy atom. The van der Waals surface area contributed by atoms with Crippen LogP contribution in [0.25, 0.3) is 10.2 Å². The molecule has 0 bridgehead atoms. The second kappa shape index (κ2) is 7.35. The number of carbonyl (C=O) groups excluding carboxylic acids is 1. The highest BCUT2D eigenvalue weighted by Gasteiger charge is 2.12. The molecule has 1 amide bonds. The molecule has 5 heteroatoms. The van der Waals surface area contributed by atoms with Crippen molar-refractivity contribution in [2.75, 3.05) is 18.4 Å². The minimum absolute atomic E-state index is 0.0261. The van der Waals surface area contributed by atoms with Crippen LogP contribution in [0.2, 0.25) is 0 Å². The monoisotopic (exact) mass is 325 g/mol. The summed E-state index contributed by atoms with van der Waals surface area (Å²) in [6, 6.07) is 18.1. The molecule has 0 unspecified atom stereocenters. The van der Waals surface area contributed by atoms with Gasteiger partial charge in [0.25, 0.3) is 0 Å². The van der Waals surface area contributed by atoms with Crippen LogP contribution < -0.4 is 5.32 Å². The van der Waals surface area contributed by atoms with Gasteiger partial charge in [0.2, 0.25) is 5.91 Å². The number of likely N-dealkylation sites (N-methyl/N-ethyl adjacent to an activating group) is 1.